The molecular weight excluding hydrogens is 432 g/mol. The lowest BCUT2D eigenvalue weighted by molar-refractivity contribution is -0.136. The van der Waals surface area contributed by atoms with Crippen molar-refractivity contribution in [1.29, 1.82) is 0 Å². The van der Waals surface area contributed by atoms with Gasteiger partial charge in [0, 0.05) is 24.2 Å². The lowest BCUT2D eigenvalue weighted by Gasteiger charge is -2.34. The molecular formula is C23H31ClN4O4. The maximum absolute atomic E-state index is 13.0. The monoisotopic (exact) mass is 462 g/mol. The van der Waals surface area contributed by atoms with Gasteiger partial charge in [0.1, 0.15) is 17.8 Å². The number of halogens is 1. The van der Waals surface area contributed by atoms with Gasteiger partial charge in [0.15, 0.2) is 0 Å². The Labute approximate surface area is 193 Å². The molecule has 32 heavy (non-hydrogen) atoms. The second kappa shape index (κ2) is 9.17. The van der Waals surface area contributed by atoms with Gasteiger partial charge in [-0.15, -0.1) is 0 Å². The molecule has 4 amide bonds. The molecule has 9 heteroatoms. The molecule has 2 aliphatic heterocycles. The van der Waals surface area contributed by atoms with E-state index in [4.69, 9.17) is 16.3 Å². The third kappa shape index (κ3) is 4.37. The molecule has 174 valence electrons. The average Bonchev–Trinajstić information content (AvgIpc) is 3.33. The Kier molecular flexibility index (Phi) is 6.51. The smallest absolute Gasteiger partial charge is 0.325 e. The lowest BCUT2D eigenvalue weighted by Crippen LogP contribution is -2.50. The van der Waals surface area contributed by atoms with Crippen molar-refractivity contribution in [3.05, 3.63) is 23.2 Å². The summed E-state index contributed by atoms with van der Waals surface area (Å²) in [6.07, 6.45) is 4.98. The van der Waals surface area contributed by atoms with Crippen molar-refractivity contribution in [3.63, 3.8) is 0 Å². The van der Waals surface area contributed by atoms with E-state index in [2.05, 4.69) is 22.5 Å². The molecule has 2 heterocycles. The van der Waals surface area contributed by atoms with Gasteiger partial charge >= 0.3 is 6.03 Å². The van der Waals surface area contributed by atoms with Crippen LogP contribution < -0.4 is 20.3 Å². The van der Waals surface area contributed by atoms with Gasteiger partial charge in [-0.3, -0.25) is 14.5 Å². The summed E-state index contributed by atoms with van der Waals surface area (Å²) >= 11 is 6.15. The summed E-state index contributed by atoms with van der Waals surface area (Å²) in [6, 6.07) is 4.91. The summed E-state index contributed by atoms with van der Waals surface area (Å²) in [7, 11) is 1.61. The first kappa shape index (κ1) is 22.7. The standard InChI is InChI=1S/C23H31ClN4O4/c1-3-15-6-9-23(10-7-15)21(30)28(22(31)26-23)14-20(29)25-17-8-11-27(13-17)18-12-16(24)4-5-19(18)32-2/h4-5,12,15,17H,3,6-11,13-14H2,1-2H3,(H,25,29)(H,26,31). The molecule has 1 atom stereocenters. The normalized spacial score (nSPS) is 27.7. The third-order valence-corrected chi connectivity index (χ3v) is 7.35. The fourth-order valence-electron chi connectivity index (χ4n) is 5.16. The number of imide groups is 1. The Morgan fingerprint density at radius 2 is 2.03 bits per heavy atom. The van der Waals surface area contributed by atoms with Crippen molar-refractivity contribution in [2.75, 3.05) is 31.6 Å². The maximum Gasteiger partial charge on any atom is 0.325 e. The number of urea groups is 1. The van der Waals surface area contributed by atoms with Crippen LogP contribution in [0.2, 0.25) is 5.02 Å². The molecule has 0 aromatic heterocycles. The van der Waals surface area contributed by atoms with Gasteiger partial charge in [-0.2, -0.15) is 0 Å². The maximum atomic E-state index is 13.0. The first-order chi connectivity index (χ1) is 15.3. The molecule has 1 unspecified atom stereocenters. The Morgan fingerprint density at radius 3 is 2.72 bits per heavy atom. The lowest BCUT2D eigenvalue weighted by atomic mass is 9.75. The third-order valence-electron chi connectivity index (χ3n) is 7.12. The predicted molar refractivity (Wildman–Crippen MR) is 122 cm³/mol. The predicted octanol–water partition coefficient (Wildman–Crippen LogP) is 2.93. The van der Waals surface area contributed by atoms with Gasteiger partial charge in [0.2, 0.25) is 5.91 Å². The van der Waals surface area contributed by atoms with E-state index in [1.54, 1.807) is 13.2 Å². The number of benzene rings is 1. The van der Waals surface area contributed by atoms with E-state index in [1.165, 1.54) is 0 Å². The number of rotatable bonds is 6. The highest BCUT2D eigenvalue weighted by Crippen LogP contribution is 2.37. The number of nitrogens with zero attached hydrogens (tertiary/aromatic N) is 2. The van der Waals surface area contributed by atoms with Gasteiger partial charge < -0.3 is 20.3 Å². The summed E-state index contributed by atoms with van der Waals surface area (Å²) in [5.74, 6) is 0.747. The minimum Gasteiger partial charge on any atom is -0.495 e. The molecule has 8 nitrogen and oxygen atoms in total. The molecule has 1 spiro atoms. The average molecular weight is 463 g/mol. The molecule has 0 bridgehead atoms. The molecule has 0 radical (unpaired) electrons. The van der Waals surface area contributed by atoms with Gasteiger partial charge in [-0.1, -0.05) is 24.9 Å². The molecule has 1 aromatic rings. The second-order valence-corrected chi connectivity index (χ2v) is 9.51. The fourth-order valence-corrected chi connectivity index (χ4v) is 5.33. The van der Waals surface area contributed by atoms with Crippen LogP contribution in [0.3, 0.4) is 0 Å². The second-order valence-electron chi connectivity index (χ2n) is 9.07. The van der Waals surface area contributed by atoms with Crippen LogP contribution in [-0.2, 0) is 9.59 Å². The van der Waals surface area contributed by atoms with Crippen molar-refractivity contribution < 1.29 is 19.1 Å². The van der Waals surface area contributed by atoms with Gasteiger partial charge in [0.05, 0.1) is 12.8 Å². The van der Waals surface area contributed by atoms with E-state index in [0.717, 1.165) is 48.6 Å². The van der Waals surface area contributed by atoms with Crippen LogP contribution in [0.15, 0.2) is 18.2 Å². The van der Waals surface area contributed by atoms with Crippen LogP contribution in [0, 0.1) is 5.92 Å². The summed E-state index contributed by atoms with van der Waals surface area (Å²) in [5, 5.41) is 6.48. The van der Waals surface area contributed by atoms with Crippen LogP contribution in [-0.4, -0.2) is 61.1 Å². The van der Waals surface area contributed by atoms with Crippen molar-refractivity contribution in [3.8, 4) is 5.75 Å². The number of methoxy groups -OCH3 is 1. The van der Waals surface area contributed by atoms with Crippen LogP contribution in [0.1, 0.15) is 45.4 Å². The van der Waals surface area contributed by atoms with Crippen LogP contribution in [0.4, 0.5) is 10.5 Å². The van der Waals surface area contributed by atoms with E-state index in [9.17, 15) is 14.4 Å². The highest BCUT2D eigenvalue weighted by molar-refractivity contribution is 6.31. The molecule has 1 aliphatic carbocycles. The molecule has 2 N–H and O–H groups in total. The summed E-state index contributed by atoms with van der Waals surface area (Å²) in [4.78, 5) is 41.4. The quantitative estimate of drug-likeness (QED) is 0.634. The summed E-state index contributed by atoms with van der Waals surface area (Å²) in [5.41, 5.74) is 0.0616. The number of carbonyl (C=O) groups is 3. The van der Waals surface area contributed by atoms with Crippen molar-refractivity contribution >= 4 is 35.1 Å². The SMILES string of the molecule is CCC1CCC2(CC1)NC(=O)N(CC(=O)NC1CCN(c3cc(Cl)ccc3OC)C1)C2=O. The van der Waals surface area contributed by atoms with E-state index in [0.29, 0.717) is 30.3 Å². The molecule has 1 saturated carbocycles. The summed E-state index contributed by atoms with van der Waals surface area (Å²) in [6.45, 7) is 3.25. The van der Waals surface area contributed by atoms with E-state index in [1.807, 2.05) is 12.1 Å². The van der Waals surface area contributed by atoms with Crippen LogP contribution >= 0.6 is 11.6 Å². The molecule has 4 rings (SSSR count). The first-order valence-electron chi connectivity index (χ1n) is 11.4. The minimum absolute atomic E-state index is 0.0825. The van der Waals surface area contributed by atoms with Gasteiger partial charge in [-0.05, 0) is 56.2 Å². The number of anilines is 1. The Bertz CT molecular complexity index is 900. The zero-order valence-electron chi connectivity index (χ0n) is 18.7. The van der Waals surface area contributed by atoms with Crippen molar-refractivity contribution in [2.24, 2.45) is 5.92 Å². The van der Waals surface area contributed by atoms with Crippen LogP contribution in [0.5, 0.6) is 5.75 Å². The molecule has 3 aliphatic rings. The number of ether oxygens (including phenoxy) is 1. The number of carbonyl (C=O) groups excluding carboxylic acids is 3. The highest BCUT2D eigenvalue weighted by Gasteiger charge is 2.52. The zero-order chi connectivity index (χ0) is 22.9. The number of hydrogen-bond acceptors (Lipinski definition) is 5. The Balaban J connectivity index is 1.33. The van der Waals surface area contributed by atoms with Crippen molar-refractivity contribution in [1.82, 2.24) is 15.5 Å². The number of hydrogen-bond donors (Lipinski definition) is 2. The largest absolute Gasteiger partial charge is 0.495 e. The van der Waals surface area contributed by atoms with E-state index in [-0.39, 0.29) is 24.4 Å². The molecule has 2 saturated heterocycles. The van der Waals surface area contributed by atoms with Crippen LogP contribution in [0.25, 0.3) is 0 Å². The van der Waals surface area contributed by atoms with E-state index < -0.39 is 11.6 Å². The molecule has 1 aromatic carbocycles. The molecule has 3 fully saturated rings. The first-order valence-corrected chi connectivity index (χ1v) is 11.7. The topological polar surface area (TPSA) is 91.0 Å². The van der Waals surface area contributed by atoms with E-state index >= 15 is 0 Å². The highest BCUT2D eigenvalue weighted by atomic mass is 35.5. The Morgan fingerprint density at radius 1 is 1.28 bits per heavy atom. The van der Waals surface area contributed by atoms with Crippen molar-refractivity contribution in [2.45, 2.75) is 57.0 Å². The zero-order valence-corrected chi connectivity index (χ0v) is 19.4. The van der Waals surface area contributed by atoms with Gasteiger partial charge in [-0.25, -0.2) is 4.79 Å². The summed E-state index contributed by atoms with van der Waals surface area (Å²) < 4.78 is 5.43. The minimum atomic E-state index is -0.823. The number of nitrogens with one attached hydrogen (secondary N) is 2. The Hall–Kier alpha value is -2.48. The fraction of sp³-hybridized carbons (Fsp3) is 0.609. The number of amides is 4. The van der Waals surface area contributed by atoms with Gasteiger partial charge in [0.25, 0.3) is 5.91 Å².